The summed E-state index contributed by atoms with van der Waals surface area (Å²) in [5.41, 5.74) is 7.38. The smallest absolute Gasteiger partial charge is 0.224 e. The summed E-state index contributed by atoms with van der Waals surface area (Å²) in [6.45, 7) is 2.70. The second-order valence-corrected chi connectivity index (χ2v) is 9.67. The molecule has 8 nitrogen and oxygen atoms in total. The Kier molecular flexibility index (Phi) is 8.36. The number of likely N-dealkylation sites (tertiary alicyclic amines) is 1. The van der Waals surface area contributed by atoms with Crippen molar-refractivity contribution in [1.82, 2.24) is 14.9 Å². The van der Waals surface area contributed by atoms with Crippen LogP contribution in [-0.2, 0) is 9.59 Å². The van der Waals surface area contributed by atoms with Gasteiger partial charge in [-0.15, -0.1) is 0 Å². The zero-order valence-corrected chi connectivity index (χ0v) is 21.4. The number of benzene rings is 1. The summed E-state index contributed by atoms with van der Waals surface area (Å²) < 4.78 is 11.9. The molecule has 3 aromatic rings. The molecule has 0 aliphatic carbocycles. The molecule has 4 rings (SSSR count). The van der Waals surface area contributed by atoms with Crippen molar-refractivity contribution >= 4 is 22.6 Å². The van der Waals surface area contributed by atoms with Crippen molar-refractivity contribution in [2.45, 2.75) is 63.8 Å². The summed E-state index contributed by atoms with van der Waals surface area (Å²) in [5, 5.41) is 0.980. The van der Waals surface area contributed by atoms with Gasteiger partial charge in [0, 0.05) is 24.3 Å². The lowest BCUT2D eigenvalue weighted by Crippen LogP contribution is -2.40. The number of pyridine rings is 1. The minimum atomic E-state index is -0.282. The van der Waals surface area contributed by atoms with Crippen LogP contribution in [-0.4, -0.2) is 53.3 Å². The molecule has 2 aromatic heterocycles. The van der Waals surface area contributed by atoms with Crippen LogP contribution in [0.15, 0.2) is 40.9 Å². The SMILES string of the molecule is CCC(=O)CCCCC[C@H](c1ncc(-c2cc3ccccc3nc2OC)o1)C1C(C(N)=O)CCN1C. The molecule has 0 bridgehead atoms. The Hall–Kier alpha value is -3.26. The summed E-state index contributed by atoms with van der Waals surface area (Å²) in [6, 6.07) is 9.77. The van der Waals surface area contributed by atoms with Crippen LogP contribution < -0.4 is 10.5 Å². The van der Waals surface area contributed by atoms with E-state index >= 15 is 0 Å². The summed E-state index contributed by atoms with van der Waals surface area (Å²) in [7, 11) is 3.62. The number of amides is 1. The first kappa shape index (κ1) is 25.8. The van der Waals surface area contributed by atoms with E-state index < -0.39 is 0 Å². The quantitative estimate of drug-likeness (QED) is 0.364. The van der Waals surface area contributed by atoms with Gasteiger partial charge in [0.15, 0.2) is 11.7 Å². The number of methoxy groups -OCH3 is 1. The van der Waals surface area contributed by atoms with Crippen molar-refractivity contribution in [3.05, 3.63) is 42.4 Å². The number of para-hydroxylation sites is 1. The number of Topliss-reactive ketones (excluding diaryl/α,β-unsaturated/α-hetero) is 1. The van der Waals surface area contributed by atoms with E-state index in [1.165, 1.54) is 0 Å². The minimum Gasteiger partial charge on any atom is -0.480 e. The fourth-order valence-corrected chi connectivity index (χ4v) is 5.36. The van der Waals surface area contributed by atoms with Gasteiger partial charge in [-0.2, -0.15) is 0 Å². The van der Waals surface area contributed by atoms with E-state index in [-0.39, 0.29) is 23.8 Å². The Morgan fingerprint density at radius 2 is 2.06 bits per heavy atom. The third-order valence-corrected chi connectivity index (χ3v) is 7.35. The topological polar surface area (TPSA) is 112 Å². The Bertz CT molecular complexity index is 1210. The lowest BCUT2D eigenvalue weighted by molar-refractivity contribution is -0.122. The molecule has 2 unspecified atom stereocenters. The van der Waals surface area contributed by atoms with E-state index in [1.807, 2.05) is 44.3 Å². The van der Waals surface area contributed by atoms with E-state index in [4.69, 9.17) is 14.9 Å². The van der Waals surface area contributed by atoms with Crippen LogP contribution in [0, 0.1) is 5.92 Å². The van der Waals surface area contributed by atoms with Crippen LogP contribution in [0.3, 0.4) is 0 Å². The van der Waals surface area contributed by atoms with Gasteiger partial charge in [-0.05, 0) is 45.0 Å². The van der Waals surface area contributed by atoms with E-state index in [2.05, 4.69) is 14.9 Å². The second-order valence-electron chi connectivity index (χ2n) is 9.67. The average molecular weight is 493 g/mol. The summed E-state index contributed by atoms with van der Waals surface area (Å²) in [4.78, 5) is 35.5. The number of primary amides is 1. The van der Waals surface area contributed by atoms with Gasteiger partial charge in [0.1, 0.15) is 5.78 Å². The molecular formula is C28H36N4O4. The molecule has 1 aliphatic rings. The minimum absolute atomic E-state index is 0.0807. The molecular weight excluding hydrogens is 456 g/mol. The second kappa shape index (κ2) is 11.6. The van der Waals surface area contributed by atoms with Gasteiger partial charge in [0.25, 0.3) is 0 Å². The largest absolute Gasteiger partial charge is 0.480 e. The van der Waals surface area contributed by atoms with E-state index in [0.29, 0.717) is 36.2 Å². The van der Waals surface area contributed by atoms with Crippen LogP contribution >= 0.6 is 0 Å². The zero-order valence-electron chi connectivity index (χ0n) is 21.4. The first-order chi connectivity index (χ1) is 17.4. The number of likely N-dealkylation sites (N-methyl/N-ethyl adjacent to an activating group) is 1. The average Bonchev–Trinajstić information content (AvgIpc) is 3.52. The molecule has 1 fully saturated rings. The van der Waals surface area contributed by atoms with Gasteiger partial charge < -0.3 is 19.8 Å². The Morgan fingerprint density at radius 1 is 1.25 bits per heavy atom. The number of nitrogens with two attached hydrogens (primary N) is 1. The Labute approximate surface area is 212 Å². The zero-order chi connectivity index (χ0) is 25.7. The van der Waals surface area contributed by atoms with Crippen molar-refractivity contribution in [2.75, 3.05) is 20.7 Å². The molecule has 0 spiro atoms. The fraction of sp³-hybridized carbons (Fsp3) is 0.500. The highest BCUT2D eigenvalue weighted by molar-refractivity contribution is 5.85. The molecule has 8 heteroatoms. The molecule has 2 N–H and O–H groups in total. The van der Waals surface area contributed by atoms with Gasteiger partial charge in [0.2, 0.25) is 11.8 Å². The Morgan fingerprint density at radius 3 is 2.81 bits per heavy atom. The molecule has 3 atom stereocenters. The number of carbonyl (C=O) groups excluding carboxylic acids is 2. The van der Waals surface area contributed by atoms with Crippen LogP contribution in [0.25, 0.3) is 22.2 Å². The van der Waals surface area contributed by atoms with E-state index in [9.17, 15) is 9.59 Å². The number of rotatable bonds is 12. The number of aromatic nitrogens is 2. The number of nitrogens with zero attached hydrogens (tertiary/aromatic N) is 3. The molecule has 0 saturated carbocycles. The summed E-state index contributed by atoms with van der Waals surface area (Å²) >= 11 is 0. The number of ether oxygens (including phenoxy) is 1. The van der Waals surface area contributed by atoms with Crippen LogP contribution in [0.4, 0.5) is 0 Å². The maximum Gasteiger partial charge on any atom is 0.224 e. The molecule has 1 aromatic carbocycles. The first-order valence-corrected chi connectivity index (χ1v) is 12.8. The van der Waals surface area contributed by atoms with Crippen molar-refractivity contribution in [2.24, 2.45) is 11.7 Å². The number of unbranched alkanes of at least 4 members (excludes halogenated alkanes) is 2. The van der Waals surface area contributed by atoms with Crippen molar-refractivity contribution in [1.29, 1.82) is 0 Å². The lowest BCUT2D eigenvalue weighted by Gasteiger charge is -2.30. The van der Waals surface area contributed by atoms with Gasteiger partial charge in [0.05, 0.1) is 36.2 Å². The number of ketones is 1. The number of fused-ring (bicyclic) bond motifs is 1. The molecule has 36 heavy (non-hydrogen) atoms. The third kappa shape index (κ3) is 5.59. The highest BCUT2D eigenvalue weighted by Crippen LogP contribution is 2.40. The first-order valence-electron chi connectivity index (χ1n) is 12.8. The number of hydrogen-bond acceptors (Lipinski definition) is 7. The monoisotopic (exact) mass is 492 g/mol. The van der Waals surface area contributed by atoms with Crippen molar-refractivity contribution in [3.8, 4) is 17.2 Å². The van der Waals surface area contributed by atoms with Gasteiger partial charge in [-0.25, -0.2) is 9.97 Å². The molecule has 0 radical (unpaired) electrons. The van der Waals surface area contributed by atoms with Crippen molar-refractivity contribution < 1.29 is 18.7 Å². The van der Waals surface area contributed by atoms with Crippen LogP contribution in [0.1, 0.15) is 63.7 Å². The maximum atomic E-state index is 12.3. The summed E-state index contributed by atoms with van der Waals surface area (Å²) in [5.74, 6) is 1.31. The standard InChI is InChI=1S/C28H36N4O4/c1-4-19(33)11-6-5-7-12-21(25-20(26(29)34)14-15-32(25)2)27-30-17-24(36-27)22-16-18-10-8-9-13-23(18)31-28(22)35-3/h8-10,13,16-17,20-21,25H,4-7,11-12,14-15H2,1-3H3,(H2,29,34)/t20?,21-,25?/m0/s1. The highest BCUT2D eigenvalue weighted by Gasteiger charge is 2.42. The highest BCUT2D eigenvalue weighted by atomic mass is 16.5. The van der Waals surface area contributed by atoms with Gasteiger partial charge in [-0.1, -0.05) is 38.0 Å². The fourth-order valence-electron chi connectivity index (χ4n) is 5.36. The van der Waals surface area contributed by atoms with Gasteiger partial charge >= 0.3 is 0 Å². The number of hydrogen-bond donors (Lipinski definition) is 1. The Balaban J connectivity index is 1.62. The summed E-state index contributed by atoms with van der Waals surface area (Å²) in [6.07, 6.45) is 7.17. The van der Waals surface area contributed by atoms with Crippen LogP contribution in [0.2, 0.25) is 0 Å². The van der Waals surface area contributed by atoms with Crippen molar-refractivity contribution in [3.63, 3.8) is 0 Å². The predicted molar refractivity (Wildman–Crippen MR) is 139 cm³/mol. The van der Waals surface area contributed by atoms with Gasteiger partial charge in [-0.3, -0.25) is 9.59 Å². The van der Waals surface area contributed by atoms with Crippen LogP contribution in [0.5, 0.6) is 5.88 Å². The molecule has 1 saturated heterocycles. The number of oxazole rings is 1. The number of carbonyl (C=O) groups is 2. The predicted octanol–water partition coefficient (Wildman–Crippen LogP) is 4.72. The lowest BCUT2D eigenvalue weighted by atomic mass is 9.84. The molecule has 192 valence electrons. The maximum absolute atomic E-state index is 12.3. The molecule has 1 aliphatic heterocycles. The molecule has 3 heterocycles. The normalized spacial score (nSPS) is 19.0. The van der Waals surface area contributed by atoms with E-state index in [1.54, 1.807) is 13.3 Å². The third-order valence-electron chi connectivity index (χ3n) is 7.35. The van der Waals surface area contributed by atoms with E-state index in [0.717, 1.165) is 55.1 Å². The molecule has 1 amide bonds.